The molecule has 0 aromatic carbocycles. The molecular formula is C12H21N5O. The molecule has 0 saturated heterocycles. The van der Waals surface area contributed by atoms with E-state index in [9.17, 15) is 4.79 Å². The lowest BCUT2D eigenvalue weighted by molar-refractivity contribution is -0.118. The summed E-state index contributed by atoms with van der Waals surface area (Å²) in [5.74, 6) is 1.17. The lowest BCUT2D eigenvalue weighted by Gasteiger charge is -2.26. The van der Waals surface area contributed by atoms with Gasteiger partial charge in [0.05, 0.1) is 0 Å². The zero-order chi connectivity index (χ0) is 13.8. The molecule has 0 saturated carbocycles. The van der Waals surface area contributed by atoms with Gasteiger partial charge in [-0.15, -0.1) is 0 Å². The van der Waals surface area contributed by atoms with Crippen molar-refractivity contribution in [2.45, 2.75) is 39.7 Å². The molecule has 0 aliphatic carbocycles. The van der Waals surface area contributed by atoms with Gasteiger partial charge in [0.25, 0.3) is 0 Å². The summed E-state index contributed by atoms with van der Waals surface area (Å²) in [5, 5.41) is 6.38. The van der Waals surface area contributed by atoms with Crippen molar-refractivity contribution in [1.29, 1.82) is 0 Å². The second-order valence-corrected chi connectivity index (χ2v) is 4.88. The minimum atomic E-state index is -0.436. The van der Waals surface area contributed by atoms with Crippen LogP contribution in [-0.2, 0) is 4.79 Å². The summed E-state index contributed by atoms with van der Waals surface area (Å²) in [6, 6.07) is 0. The first-order valence-corrected chi connectivity index (χ1v) is 5.97. The maximum absolute atomic E-state index is 11.0. The molecule has 1 amide bonds. The molecule has 1 heterocycles. The van der Waals surface area contributed by atoms with Crippen LogP contribution in [0.4, 0.5) is 11.6 Å². The lowest BCUT2D eigenvalue weighted by atomic mass is 10.00. The fraction of sp³-hybridized carbons (Fsp3) is 0.583. The average Bonchev–Trinajstić information content (AvgIpc) is 2.22. The van der Waals surface area contributed by atoms with Crippen LogP contribution in [0.25, 0.3) is 0 Å². The van der Waals surface area contributed by atoms with Gasteiger partial charge in [-0.1, -0.05) is 0 Å². The Hall–Kier alpha value is -1.85. The molecule has 1 aromatic rings. The number of amides is 1. The second-order valence-electron chi connectivity index (χ2n) is 4.88. The summed E-state index contributed by atoms with van der Waals surface area (Å²) in [6.45, 7) is 8.55. The summed E-state index contributed by atoms with van der Waals surface area (Å²) in [4.78, 5) is 19.4. The van der Waals surface area contributed by atoms with E-state index in [2.05, 4.69) is 20.6 Å². The van der Waals surface area contributed by atoms with E-state index in [0.29, 0.717) is 5.82 Å². The lowest BCUT2D eigenvalue weighted by Crippen LogP contribution is -2.36. The molecule has 0 aliphatic heterocycles. The zero-order valence-electron chi connectivity index (χ0n) is 11.4. The number of primary amides is 1. The van der Waals surface area contributed by atoms with Gasteiger partial charge in [-0.25, -0.2) is 9.97 Å². The fourth-order valence-corrected chi connectivity index (χ4v) is 1.72. The van der Waals surface area contributed by atoms with E-state index >= 15 is 0 Å². The number of hydrogen-bond acceptors (Lipinski definition) is 5. The predicted octanol–water partition coefficient (Wildman–Crippen LogP) is 1.28. The first-order valence-electron chi connectivity index (χ1n) is 5.97. The molecule has 6 nitrogen and oxygen atoms in total. The maximum Gasteiger partial charge on any atom is 0.219 e. The highest BCUT2D eigenvalue weighted by molar-refractivity contribution is 5.75. The summed E-state index contributed by atoms with van der Waals surface area (Å²) in [6.07, 6.45) is 1.74. The van der Waals surface area contributed by atoms with E-state index in [-0.39, 0.29) is 12.3 Å². The Morgan fingerprint density at radius 3 is 2.56 bits per heavy atom. The quantitative estimate of drug-likeness (QED) is 0.708. The first kappa shape index (κ1) is 14.2. The van der Waals surface area contributed by atoms with E-state index < -0.39 is 5.54 Å². The van der Waals surface area contributed by atoms with Gasteiger partial charge in [-0.3, -0.25) is 4.79 Å². The number of hydrogen-bond donors (Lipinski definition) is 3. The van der Waals surface area contributed by atoms with Crippen LogP contribution in [0, 0.1) is 6.92 Å². The Bertz CT molecular complexity index is 430. The van der Waals surface area contributed by atoms with Gasteiger partial charge < -0.3 is 16.4 Å². The third-order valence-electron chi connectivity index (χ3n) is 2.50. The van der Waals surface area contributed by atoms with Crippen LogP contribution in [0.1, 0.15) is 32.8 Å². The van der Waals surface area contributed by atoms with Crippen LogP contribution in [0.3, 0.4) is 0 Å². The molecule has 6 heteroatoms. The number of nitrogens with two attached hydrogens (primary N) is 1. The number of aromatic nitrogens is 2. The molecule has 0 radical (unpaired) electrons. The van der Waals surface area contributed by atoms with E-state index in [1.807, 2.05) is 27.7 Å². The summed E-state index contributed by atoms with van der Waals surface area (Å²) >= 11 is 0. The van der Waals surface area contributed by atoms with E-state index in [1.165, 1.54) is 6.33 Å². The number of nitrogens with one attached hydrogen (secondary N) is 2. The van der Waals surface area contributed by atoms with Crippen LogP contribution >= 0.6 is 0 Å². The number of rotatable bonds is 6. The Labute approximate surface area is 107 Å². The molecule has 0 unspecified atom stereocenters. The molecular weight excluding hydrogens is 230 g/mol. The van der Waals surface area contributed by atoms with Crippen LogP contribution in [-0.4, -0.2) is 28.0 Å². The standard InChI is InChI=1S/C12H21N5O/c1-5-14-10-8(2)11(16-7-15-10)17-12(3,4)6-9(13)18/h7H,5-6H2,1-4H3,(H2,13,18)(H2,14,15,16,17). The molecule has 1 rings (SSSR count). The van der Waals surface area contributed by atoms with Crippen LogP contribution in [0.2, 0.25) is 0 Å². The molecule has 0 bridgehead atoms. The van der Waals surface area contributed by atoms with E-state index in [1.54, 1.807) is 0 Å². The van der Waals surface area contributed by atoms with Gasteiger partial charge in [-0.05, 0) is 27.7 Å². The summed E-state index contributed by atoms with van der Waals surface area (Å²) in [7, 11) is 0. The van der Waals surface area contributed by atoms with Crippen molar-refractivity contribution in [1.82, 2.24) is 9.97 Å². The van der Waals surface area contributed by atoms with E-state index in [0.717, 1.165) is 17.9 Å². The Balaban J connectivity index is 2.90. The molecule has 1 aromatic heterocycles. The van der Waals surface area contributed by atoms with Gasteiger partial charge in [0.2, 0.25) is 5.91 Å². The maximum atomic E-state index is 11.0. The largest absolute Gasteiger partial charge is 0.370 e. The summed E-state index contributed by atoms with van der Waals surface area (Å²) in [5.41, 5.74) is 5.72. The van der Waals surface area contributed by atoms with Crippen LogP contribution in [0.5, 0.6) is 0 Å². The van der Waals surface area contributed by atoms with E-state index in [4.69, 9.17) is 5.73 Å². The van der Waals surface area contributed by atoms with Gasteiger partial charge in [0.1, 0.15) is 18.0 Å². The van der Waals surface area contributed by atoms with Crippen LogP contribution in [0.15, 0.2) is 6.33 Å². The number of nitrogens with zero attached hydrogens (tertiary/aromatic N) is 2. The Morgan fingerprint density at radius 2 is 2.00 bits per heavy atom. The Kier molecular flexibility index (Phi) is 4.47. The van der Waals surface area contributed by atoms with Crippen molar-refractivity contribution in [2.75, 3.05) is 17.2 Å². The van der Waals surface area contributed by atoms with Crippen molar-refractivity contribution in [3.8, 4) is 0 Å². The highest BCUT2D eigenvalue weighted by Crippen LogP contribution is 2.22. The van der Waals surface area contributed by atoms with Crippen molar-refractivity contribution >= 4 is 17.5 Å². The number of carbonyl (C=O) groups excluding carboxylic acids is 1. The first-order chi connectivity index (χ1) is 8.35. The minimum absolute atomic E-state index is 0.243. The highest BCUT2D eigenvalue weighted by Gasteiger charge is 2.22. The zero-order valence-corrected chi connectivity index (χ0v) is 11.4. The third-order valence-corrected chi connectivity index (χ3v) is 2.50. The predicted molar refractivity (Wildman–Crippen MR) is 72.4 cm³/mol. The fourth-order valence-electron chi connectivity index (χ4n) is 1.72. The van der Waals surface area contributed by atoms with Crippen molar-refractivity contribution in [3.05, 3.63) is 11.9 Å². The molecule has 100 valence electrons. The second kappa shape index (κ2) is 5.66. The molecule has 0 fully saturated rings. The monoisotopic (exact) mass is 251 g/mol. The van der Waals surface area contributed by atoms with Gasteiger partial charge >= 0.3 is 0 Å². The highest BCUT2D eigenvalue weighted by atomic mass is 16.1. The third kappa shape index (κ3) is 3.87. The SMILES string of the molecule is CCNc1ncnc(NC(C)(C)CC(N)=O)c1C. The number of carbonyl (C=O) groups is 1. The van der Waals surface area contributed by atoms with Gasteiger partial charge in [-0.2, -0.15) is 0 Å². The molecule has 4 N–H and O–H groups in total. The number of anilines is 2. The molecule has 0 atom stereocenters. The Morgan fingerprint density at radius 1 is 1.39 bits per heavy atom. The topological polar surface area (TPSA) is 92.9 Å². The van der Waals surface area contributed by atoms with Crippen molar-refractivity contribution in [2.24, 2.45) is 5.73 Å². The van der Waals surface area contributed by atoms with Crippen molar-refractivity contribution < 1.29 is 4.79 Å². The normalized spacial score (nSPS) is 11.1. The smallest absolute Gasteiger partial charge is 0.219 e. The molecule has 0 aliphatic rings. The summed E-state index contributed by atoms with van der Waals surface area (Å²) < 4.78 is 0. The molecule has 18 heavy (non-hydrogen) atoms. The van der Waals surface area contributed by atoms with Crippen molar-refractivity contribution in [3.63, 3.8) is 0 Å². The van der Waals surface area contributed by atoms with Gasteiger partial charge in [0, 0.05) is 24.1 Å². The van der Waals surface area contributed by atoms with Gasteiger partial charge in [0.15, 0.2) is 0 Å². The minimum Gasteiger partial charge on any atom is -0.370 e. The average molecular weight is 251 g/mol. The molecule has 0 spiro atoms. The van der Waals surface area contributed by atoms with Crippen LogP contribution < -0.4 is 16.4 Å².